The summed E-state index contributed by atoms with van der Waals surface area (Å²) < 4.78 is 10.7. The third-order valence-electron chi connectivity index (χ3n) is 5.31. The quantitative estimate of drug-likeness (QED) is 0.161. The molecule has 160 valence electrons. The summed E-state index contributed by atoms with van der Waals surface area (Å²) in [5.74, 6) is -0.878. The molecule has 0 aromatic heterocycles. The van der Waals surface area contributed by atoms with Crippen LogP contribution in [0, 0.1) is 5.41 Å². The largest absolute Gasteiger partial charge is 0.465 e. The maximum Gasteiger partial charge on any atom is 0.323 e. The topological polar surface area (TPSA) is 52.6 Å². The summed E-state index contributed by atoms with van der Waals surface area (Å²) in [5.41, 5.74) is -1.15. The molecule has 0 aromatic rings. The molecule has 0 heterocycles. The van der Waals surface area contributed by atoms with E-state index in [-0.39, 0.29) is 6.10 Å². The molecule has 0 N–H and O–H groups in total. The zero-order valence-electron chi connectivity index (χ0n) is 18.6. The molecule has 0 aliphatic rings. The standard InChI is InChI=1S/C23H44O4/c1-6-9-10-11-12-13-14-15-16-17-18-19-26-21(24)23(7-2,8-3)22(25)27-20(4)5/h20H,6-19H2,1-5H3. The molecule has 4 nitrogen and oxygen atoms in total. The predicted molar refractivity (Wildman–Crippen MR) is 112 cm³/mol. The third kappa shape index (κ3) is 10.8. The Bertz CT molecular complexity index is 386. The Kier molecular flexibility index (Phi) is 15.3. The van der Waals surface area contributed by atoms with Crippen LogP contribution >= 0.6 is 0 Å². The Balaban J connectivity index is 3.92. The van der Waals surface area contributed by atoms with Crippen LogP contribution in [-0.2, 0) is 19.1 Å². The molecule has 0 saturated carbocycles. The van der Waals surface area contributed by atoms with Crippen LogP contribution in [0.2, 0.25) is 0 Å². The van der Waals surface area contributed by atoms with E-state index in [1.807, 2.05) is 13.8 Å². The van der Waals surface area contributed by atoms with E-state index in [4.69, 9.17) is 9.47 Å². The van der Waals surface area contributed by atoms with Crippen molar-refractivity contribution in [3.8, 4) is 0 Å². The number of rotatable bonds is 17. The monoisotopic (exact) mass is 384 g/mol. The molecule has 0 saturated heterocycles. The lowest BCUT2D eigenvalue weighted by molar-refractivity contribution is -0.175. The molecule has 27 heavy (non-hydrogen) atoms. The molecule has 0 aliphatic carbocycles. The molecule has 0 spiro atoms. The first-order valence-corrected chi connectivity index (χ1v) is 11.3. The van der Waals surface area contributed by atoms with E-state index in [1.54, 1.807) is 13.8 Å². The van der Waals surface area contributed by atoms with Gasteiger partial charge in [0.25, 0.3) is 0 Å². The molecular weight excluding hydrogens is 340 g/mol. The highest BCUT2D eigenvalue weighted by Gasteiger charge is 2.46. The second kappa shape index (κ2) is 15.9. The molecule has 0 radical (unpaired) electrons. The minimum absolute atomic E-state index is 0.227. The van der Waals surface area contributed by atoms with Crippen molar-refractivity contribution in [2.24, 2.45) is 5.41 Å². The molecule has 0 aromatic carbocycles. The van der Waals surface area contributed by atoms with Crippen molar-refractivity contribution < 1.29 is 19.1 Å². The number of carbonyl (C=O) groups excluding carboxylic acids is 2. The Morgan fingerprint density at radius 2 is 1.15 bits per heavy atom. The normalized spacial score (nSPS) is 11.6. The Morgan fingerprint density at radius 1 is 0.704 bits per heavy atom. The summed E-state index contributed by atoms with van der Waals surface area (Å²) in [6.45, 7) is 9.92. The first-order chi connectivity index (χ1) is 12.9. The first kappa shape index (κ1) is 25.9. The number of esters is 2. The van der Waals surface area contributed by atoms with E-state index in [9.17, 15) is 9.59 Å². The summed E-state index contributed by atoms with van der Waals surface area (Å²) in [4.78, 5) is 24.9. The van der Waals surface area contributed by atoms with Crippen molar-refractivity contribution in [2.45, 2.75) is 124 Å². The zero-order chi connectivity index (χ0) is 20.5. The summed E-state index contributed by atoms with van der Waals surface area (Å²) in [6.07, 6.45) is 14.4. The van der Waals surface area contributed by atoms with Crippen molar-refractivity contribution in [3.05, 3.63) is 0 Å². The van der Waals surface area contributed by atoms with Gasteiger partial charge in [-0.2, -0.15) is 0 Å². The Hall–Kier alpha value is -1.06. The molecule has 0 unspecified atom stereocenters. The van der Waals surface area contributed by atoms with E-state index in [1.165, 1.54) is 57.8 Å². The van der Waals surface area contributed by atoms with Crippen LogP contribution in [0.25, 0.3) is 0 Å². The fourth-order valence-electron chi connectivity index (χ4n) is 3.31. The van der Waals surface area contributed by atoms with Crippen molar-refractivity contribution >= 4 is 11.9 Å². The van der Waals surface area contributed by atoms with Crippen LogP contribution in [0.4, 0.5) is 0 Å². The van der Waals surface area contributed by atoms with Crippen LogP contribution in [-0.4, -0.2) is 24.6 Å². The number of unbranched alkanes of at least 4 members (excludes halogenated alkanes) is 10. The minimum atomic E-state index is -1.15. The highest BCUT2D eigenvalue weighted by molar-refractivity contribution is 6.00. The van der Waals surface area contributed by atoms with Gasteiger partial charge in [0.05, 0.1) is 12.7 Å². The van der Waals surface area contributed by atoms with Gasteiger partial charge in [-0.1, -0.05) is 85.0 Å². The van der Waals surface area contributed by atoms with E-state index in [2.05, 4.69) is 6.92 Å². The number of hydrogen-bond donors (Lipinski definition) is 0. The van der Waals surface area contributed by atoms with E-state index in [0.29, 0.717) is 19.4 Å². The molecular formula is C23H44O4. The SMILES string of the molecule is CCCCCCCCCCCCCOC(=O)C(CC)(CC)C(=O)OC(C)C. The van der Waals surface area contributed by atoms with Crippen molar-refractivity contribution in [2.75, 3.05) is 6.61 Å². The van der Waals surface area contributed by atoms with Gasteiger partial charge in [0.2, 0.25) is 0 Å². The summed E-state index contributed by atoms with van der Waals surface area (Å²) in [7, 11) is 0. The highest BCUT2D eigenvalue weighted by atomic mass is 16.6. The fraction of sp³-hybridized carbons (Fsp3) is 0.913. The fourth-order valence-corrected chi connectivity index (χ4v) is 3.31. The smallest absolute Gasteiger partial charge is 0.323 e. The van der Waals surface area contributed by atoms with Gasteiger partial charge in [-0.25, -0.2) is 0 Å². The number of carbonyl (C=O) groups is 2. The third-order valence-corrected chi connectivity index (χ3v) is 5.31. The first-order valence-electron chi connectivity index (χ1n) is 11.3. The van der Waals surface area contributed by atoms with Gasteiger partial charge >= 0.3 is 11.9 Å². The lowest BCUT2D eigenvalue weighted by Crippen LogP contribution is -2.42. The maximum absolute atomic E-state index is 12.5. The molecule has 0 rings (SSSR count). The van der Waals surface area contributed by atoms with Gasteiger partial charge in [-0.3, -0.25) is 9.59 Å². The van der Waals surface area contributed by atoms with Gasteiger partial charge in [-0.15, -0.1) is 0 Å². The predicted octanol–water partition coefficient (Wildman–Crippen LogP) is 6.60. The second-order valence-electron chi connectivity index (χ2n) is 7.91. The maximum atomic E-state index is 12.5. The Morgan fingerprint density at radius 3 is 1.56 bits per heavy atom. The molecule has 0 atom stereocenters. The number of ether oxygens (including phenoxy) is 2. The van der Waals surface area contributed by atoms with Crippen molar-refractivity contribution in [1.82, 2.24) is 0 Å². The van der Waals surface area contributed by atoms with Gasteiger partial charge < -0.3 is 9.47 Å². The lowest BCUT2D eigenvalue weighted by atomic mass is 9.82. The van der Waals surface area contributed by atoms with Gasteiger partial charge in [0.1, 0.15) is 0 Å². The van der Waals surface area contributed by atoms with Crippen molar-refractivity contribution in [3.63, 3.8) is 0 Å². The average Bonchev–Trinajstić information content (AvgIpc) is 2.63. The van der Waals surface area contributed by atoms with Crippen molar-refractivity contribution in [1.29, 1.82) is 0 Å². The van der Waals surface area contributed by atoms with E-state index >= 15 is 0 Å². The molecule has 0 fully saturated rings. The van der Waals surface area contributed by atoms with E-state index < -0.39 is 17.4 Å². The summed E-state index contributed by atoms with van der Waals surface area (Å²) in [6, 6.07) is 0. The van der Waals surface area contributed by atoms with Gasteiger partial charge in [0.15, 0.2) is 5.41 Å². The van der Waals surface area contributed by atoms with Crippen LogP contribution < -0.4 is 0 Å². The van der Waals surface area contributed by atoms with Gasteiger partial charge in [-0.05, 0) is 33.1 Å². The summed E-state index contributed by atoms with van der Waals surface area (Å²) in [5, 5.41) is 0. The van der Waals surface area contributed by atoms with E-state index in [0.717, 1.165) is 12.8 Å². The highest BCUT2D eigenvalue weighted by Crippen LogP contribution is 2.30. The average molecular weight is 385 g/mol. The van der Waals surface area contributed by atoms with Crippen LogP contribution in [0.1, 0.15) is 118 Å². The minimum Gasteiger partial charge on any atom is -0.465 e. The van der Waals surface area contributed by atoms with Crippen LogP contribution in [0.15, 0.2) is 0 Å². The van der Waals surface area contributed by atoms with Crippen LogP contribution in [0.5, 0.6) is 0 Å². The Labute approximate surface area is 167 Å². The lowest BCUT2D eigenvalue weighted by Gasteiger charge is -2.27. The molecule has 0 aliphatic heterocycles. The summed E-state index contributed by atoms with van der Waals surface area (Å²) >= 11 is 0. The molecule has 4 heteroatoms. The van der Waals surface area contributed by atoms with Gasteiger partial charge in [0, 0.05) is 0 Å². The molecule has 0 amide bonds. The van der Waals surface area contributed by atoms with Crippen LogP contribution in [0.3, 0.4) is 0 Å². The zero-order valence-corrected chi connectivity index (χ0v) is 18.6. The number of hydrogen-bond acceptors (Lipinski definition) is 4. The molecule has 0 bridgehead atoms. The second-order valence-corrected chi connectivity index (χ2v) is 7.91.